The van der Waals surface area contributed by atoms with Gasteiger partial charge in [-0.15, -0.1) is 0 Å². The third kappa shape index (κ3) is 2.74. The average molecular weight is 278 g/mol. The molecule has 21 heavy (non-hydrogen) atoms. The second-order valence-electron chi connectivity index (χ2n) is 4.94. The van der Waals surface area contributed by atoms with E-state index in [1.165, 1.54) is 0 Å². The van der Waals surface area contributed by atoms with Crippen LogP contribution in [0.25, 0.3) is 6.08 Å². The Balaban J connectivity index is 1.99. The van der Waals surface area contributed by atoms with Crippen LogP contribution in [-0.2, 0) is 9.53 Å². The van der Waals surface area contributed by atoms with E-state index >= 15 is 0 Å². The first-order chi connectivity index (χ1) is 10.1. The number of carbonyl (C=O) groups is 1. The van der Waals surface area contributed by atoms with Gasteiger partial charge in [0.25, 0.3) is 0 Å². The lowest BCUT2D eigenvalue weighted by Gasteiger charge is -2.01. The van der Waals surface area contributed by atoms with Gasteiger partial charge in [-0.05, 0) is 43.2 Å². The molecule has 1 aromatic heterocycles. The molecule has 0 N–H and O–H groups in total. The van der Waals surface area contributed by atoms with Gasteiger partial charge in [0, 0.05) is 12.4 Å². The molecule has 0 radical (unpaired) electrons. The highest BCUT2D eigenvalue weighted by Gasteiger charge is 2.24. The lowest BCUT2D eigenvalue weighted by atomic mass is 10.0. The normalized spacial score (nSPS) is 16.0. The van der Waals surface area contributed by atoms with Crippen molar-refractivity contribution in [3.63, 3.8) is 0 Å². The van der Waals surface area contributed by atoms with Crippen molar-refractivity contribution in [2.24, 2.45) is 4.99 Å². The summed E-state index contributed by atoms with van der Waals surface area (Å²) >= 11 is 0. The fourth-order valence-corrected chi connectivity index (χ4v) is 2.08. The van der Waals surface area contributed by atoms with Crippen LogP contribution in [0.2, 0.25) is 0 Å². The summed E-state index contributed by atoms with van der Waals surface area (Å²) in [6.45, 7) is 4.01. The van der Waals surface area contributed by atoms with Gasteiger partial charge in [-0.2, -0.15) is 0 Å². The first-order valence-corrected chi connectivity index (χ1v) is 6.64. The van der Waals surface area contributed by atoms with Gasteiger partial charge >= 0.3 is 5.97 Å². The molecule has 104 valence electrons. The number of hydrogen-bond donors (Lipinski definition) is 0. The number of aromatic nitrogens is 1. The highest BCUT2D eigenvalue weighted by molar-refractivity contribution is 6.12. The van der Waals surface area contributed by atoms with Crippen molar-refractivity contribution in [2.45, 2.75) is 13.8 Å². The van der Waals surface area contributed by atoms with Crippen molar-refractivity contribution in [1.82, 2.24) is 4.98 Å². The van der Waals surface area contributed by atoms with Gasteiger partial charge in [0.2, 0.25) is 5.90 Å². The first-order valence-electron chi connectivity index (χ1n) is 6.64. The van der Waals surface area contributed by atoms with E-state index in [9.17, 15) is 4.79 Å². The molecule has 0 fully saturated rings. The van der Waals surface area contributed by atoms with E-state index in [1.807, 2.05) is 32.0 Å². The second-order valence-corrected chi connectivity index (χ2v) is 4.94. The Hall–Kier alpha value is -2.75. The van der Waals surface area contributed by atoms with Crippen molar-refractivity contribution >= 4 is 17.9 Å². The Labute approximate surface area is 122 Å². The largest absolute Gasteiger partial charge is 0.402 e. The maximum Gasteiger partial charge on any atom is 0.363 e. The molecule has 0 bridgehead atoms. The number of benzene rings is 1. The minimum atomic E-state index is -0.435. The fourth-order valence-electron chi connectivity index (χ4n) is 2.08. The zero-order chi connectivity index (χ0) is 14.8. The van der Waals surface area contributed by atoms with Crippen molar-refractivity contribution in [2.75, 3.05) is 0 Å². The molecule has 2 aromatic rings. The maximum atomic E-state index is 11.9. The number of aryl methyl sites for hydroxylation is 2. The number of hydrogen-bond acceptors (Lipinski definition) is 4. The van der Waals surface area contributed by atoms with Gasteiger partial charge in [-0.3, -0.25) is 4.98 Å². The van der Waals surface area contributed by atoms with E-state index in [-0.39, 0.29) is 0 Å². The molecule has 4 nitrogen and oxygen atoms in total. The monoisotopic (exact) mass is 278 g/mol. The van der Waals surface area contributed by atoms with Crippen molar-refractivity contribution in [1.29, 1.82) is 0 Å². The number of carbonyl (C=O) groups excluding carboxylic acids is 1. The van der Waals surface area contributed by atoms with Crippen LogP contribution < -0.4 is 0 Å². The Morgan fingerprint density at radius 3 is 2.81 bits per heavy atom. The summed E-state index contributed by atoms with van der Waals surface area (Å²) in [6.07, 6.45) is 5.04. The van der Waals surface area contributed by atoms with Crippen molar-refractivity contribution < 1.29 is 9.53 Å². The minimum Gasteiger partial charge on any atom is -0.402 e. The van der Waals surface area contributed by atoms with Crippen LogP contribution in [0.4, 0.5) is 0 Å². The maximum absolute atomic E-state index is 11.9. The molecular weight excluding hydrogens is 264 g/mol. The summed E-state index contributed by atoms with van der Waals surface area (Å²) in [5.74, 6) is -0.139. The molecule has 4 heteroatoms. The Kier molecular flexibility index (Phi) is 3.36. The molecule has 0 atom stereocenters. The van der Waals surface area contributed by atoms with Gasteiger partial charge < -0.3 is 4.74 Å². The lowest BCUT2D eigenvalue weighted by molar-refractivity contribution is -0.129. The Morgan fingerprint density at radius 1 is 1.19 bits per heavy atom. The third-order valence-corrected chi connectivity index (χ3v) is 3.26. The van der Waals surface area contributed by atoms with E-state index in [0.717, 1.165) is 16.7 Å². The van der Waals surface area contributed by atoms with Crippen LogP contribution in [0.1, 0.15) is 22.3 Å². The summed E-state index contributed by atoms with van der Waals surface area (Å²) in [5.41, 5.74) is 4.19. The molecule has 3 rings (SSSR count). The number of nitrogens with zero attached hydrogens (tertiary/aromatic N) is 2. The van der Waals surface area contributed by atoms with E-state index in [4.69, 9.17) is 4.74 Å². The highest BCUT2D eigenvalue weighted by atomic mass is 16.6. The first kappa shape index (κ1) is 13.2. The molecule has 1 aromatic carbocycles. The Bertz CT molecular complexity index is 762. The zero-order valence-corrected chi connectivity index (χ0v) is 11.8. The third-order valence-electron chi connectivity index (χ3n) is 3.26. The summed E-state index contributed by atoms with van der Waals surface area (Å²) in [4.78, 5) is 20.2. The number of ether oxygens (including phenoxy) is 1. The zero-order valence-electron chi connectivity index (χ0n) is 11.8. The van der Waals surface area contributed by atoms with E-state index in [0.29, 0.717) is 17.2 Å². The summed E-state index contributed by atoms with van der Waals surface area (Å²) in [7, 11) is 0. The lowest BCUT2D eigenvalue weighted by Crippen LogP contribution is -2.05. The molecule has 0 unspecified atom stereocenters. The van der Waals surface area contributed by atoms with Crippen LogP contribution in [0.3, 0.4) is 0 Å². The standard InChI is InChI=1S/C17H14N2O2/c1-11-5-6-12(2)14(8-11)9-15-17(20)21-16(19-15)13-4-3-7-18-10-13/h3-10H,1-2H3/b15-9+. The minimum absolute atomic E-state index is 0.296. The molecule has 1 aliphatic rings. The van der Waals surface area contributed by atoms with Crippen LogP contribution in [0, 0.1) is 13.8 Å². The van der Waals surface area contributed by atoms with Gasteiger partial charge in [-0.1, -0.05) is 23.8 Å². The molecule has 0 saturated carbocycles. The van der Waals surface area contributed by atoms with Crippen molar-refractivity contribution in [3.05, 3.63) is 70.7 Å². The predicted octanol–water partition coefficient (Wildman–Crippen LogP) is 3.04. The number of rotatable bonds is 2. The molecule has 0 amide bonds. The number of esters is 1. The molecule has 0 saturated heterocycles. The molecular formula is C17H14N2O2. The number of cyclic esters (lactones) is 1. The van der Waals surface area contributed by atoms with Gasteiger partial charge in [0.1, 0.15) is 0 Å². The number of pyridine rings is 1. The van der Waals surface area contributed by atoms with E-state index in [1.54, 1.807) is 30.6 Å². The topological polar surface area (TPSA) is 51.6 Å². The summed E-state index contributed by atoms with van der Waals surface area (Å²) in [6, 6.07) is 9.66. The smallest absolute Gasteiger partial charge is 0.363 e. The predicted molar refractivity (Wildman–Crippen MR) is 80.8 cm³/mol. The van der Waals surface area contributed by atoms with Gasteiger partial charge in [0.15, 0.2) is 5.70 Å². The van der Waals surface area contributed by atoms with Crippen LogP contribution in [0.5, 0.6) is 0 Å². The van der Waals surface area contributed by atoms with Gasteiger partial charge in [0.05, 0.1) is 5.56 Å². The summed E-state index contributed by atoms with van der Waals surface area (Å²) < 4.78 is 5.21. The fraction of sp³-hybridized carbons (Fsp3) is 0.118. The average Bonchev–Trinajstić information content (AvgIpc) is 2.85. The van der Waals surface area contributed by atoms with Crippen LogP contribution in [0.15, 0.2) is 53.4 Å². The molecule has 2 heterocycles. The van der Waals surface area contributed by atoms with E-state index in [2.05, 4.69) is 9.98 Å². The Morgan fingerprint density at radius 2 is 2.05 bits per heavy atom. The van der Waals surface area contributed by atoms with Crippen LogP contribution >= 0.6 is 0 Å². The molecule has 0 spiro atoms. The van der Waals surface area contributed by atoms with Crippen LogP contribution in [-0.4, -0.2) is 16.9 Å². The van der Waals surface area contributed by atoms with E-state index < -0.39 is 5.97 Å². The highest BCUT2D eigenvalue weighted by Crippen LogP contribution is 2.21. The van der Waals surface area contributed by atoms with Crippen molar-refractivity contribution in [3.8, 4) is 0 Å². The quantitative estimate of drug-likeness (QED) is 0.626. The summed E-state index contributed by atoms with van der Waals surface area (Å²) in [5, 5.41) is 0. The number of aliphatic imine (C=N–C) groups is 1. The van der Waals surface area contributed by atoms with Gasteiger partial charge in [-0.25, -0.2) is 9.79 Å². The SMILES string of the molecule is Cc1ccc(C)c(/C=C2/N=C(c3cccnc3)OC2=O)c1. The molecule has 0 aliphatic carbocycles. The second kappa shape index (κ2) is 5.32. The molecule has 1 aliphatic heterocycles.